The number of ether oxygens (including phenoxy) is 1. The zero-order valence-corrected chi connectivity index (χ0v) is 27.6. The van der Waals surface area contributed by atoms with Gasteiger partial charge in [-0.15, -0.1) is 11.3 Å². The molecule has 0 radical (unpaired) electrons. The summed E-state index contributed by atoms with van der Waals surface area (Å²) < 4.78 is 34.8. The zero-order valence-electron chi connectivity index (χ0n) is 25.9. The van der Waals surface area contributed by atoms with Crippen molar-refractivity contribution in [2.24, 2.45) is 10.9 Å². The molecule has 0 saturated heterocycles. The van der Waals surface area contributed by atoms with E-state index in [4.69, 9.17) is 4.74 Å². The minimum absolute atomic E-state index is 0.00785. The van der Waals surface area contributed by atoms with Crippen molar-refractivity contribution >= 4 is 39.1 Å². The van der Waals surface area contributed by atoms with Gasteiger partial charge in [0.1, 0.15) is 18.1 Å². The molecule has 47 heavy (non-hydrogen) atoms. The Balaban J connectivity index is 1.29. The Morgan fingerprint density at radius 2 is 1.87 bits per heavy atom. The van der Waals surface area contributed by atoms with Crippen LogP contribution in [0, 0.1) is 5.92 Å². The predicted octanol–water partition coefficient (Wildman–Crippen LogP) is 3.96. The van der Waals surface area contributed by atoms with E-state index in [1.54, 1.807) is 42.1 Å². The molecule has 5 rings (SSSR count). The number of nitrogens with zero attached hydrogens (tertiary/aromatic N) is 4. The van der Waals surface area contributed by atoms with Gasteiger partial charge in [0.15, 0.2) is 0 Å². The Kier molecular flexibility index (Phi) is 11.1. The number of hydrogen-bond donors (Lipinski definition) is 3. The Hall–Kier alpha value is -4.50. The number of sulfonamides is 1. The molecule has 2 aromatic heterocycles. The summed E-state index contributed by atoms with van der Waals surface area (Å²) in [5.74, 6) is -0.194. The van der Waals surface area contributed by atoms with Crippen LogP contribution in [0.3, 0.4) is 0 Å². The molecule has 0 fully saturated rings. The number of benzene rings is 1. The van der Waals surface area contributed by atoms with Crippen LogP contribution < -0.4 is 10.6 Å². The number of thiazole rings is 1. The number of amides is 2. The Morgan fingerprint density at radius 1 is 1.09 bits per heavy atom. The highest BCUT2D eigenvalue weighted by Gasteiger charge is 2.35. The van der Waals surface area contributed by atoms with Gasteiger partial charge in [0.05, 0.1) is 33.2 Å². The van der Waals surface area contributed by atoms with Gasteiger partial charge in [-0.1, -0.05) is 56.3 Å². The Labute approximate surface area is 277 Å². The van der Waals surface area contributed by atoms with E-state index in [-0.39, 0.29) is 49.1 Å². The van der Waals surface area contributed by atoms with Crippen LogP contribution in [0.4, 0.5) is 4.79 Å². The molecule has 1 aromatic carbocycles. The normalized spacial score (nSPS) is 15.6. The number of allylic oxidation sites excluding steroid dienone is 5. The van der Waals surface area contributed by atoms with Crippen LogP contribution in [-0.4, -0.2) is 70.7 Å². The third-order valence-corrected chi connectivity index (χ3v) is 10.0. The number of carbonyl (C=O) groups excluding carboxylic acids is 2. The van der Waals surface area contributed by atoms with Gasteiger partial charge in [0.25, 0.3) is 5.91 Å². The molecule has 2 atom stereocenters. The fraction of sp³-hybridized carbons (Fsp3) is 0.303. The number of nitrogens with one attached hydrogen (secondary N) is 2. The number of rotatable bonds is 14. The highest BCUT2D eigenvalue weighted by molar-refractivity contribution is 7.93. The summed E-state index contributed by atoms with van der Waals surface area (Å²) in [5.41, 5.74) is 3.91. The summed E-state index contributed by atoms with van der Waals surface area (Å²) in [6.45, 7) is 3.67. The number of pyridine rings is 1. The average Bonchev–Trinajstić information content (AvgIpc) is 3.73. The minimum Gasteiger partial charge on any atom is -0.444 e. The van der Waals surface area contributed by atoms with Crippen LogP contribution in [0.2, 0.25) is 0 Å². The Morgan fingerprint density at radius 3 is 2.57 bits per heavy atom. The largest absolute Gasteiger partial charge is 0.444 e. The molecule has 2 unspecified atom stereocenters. The lowest BCUT2D eigenvalue weighted by Gasteiger charge is -2.31. The maximum Gasteiger partial charge on any atom is 0.407 e. The standard InChI is InChI=1S/C33H36N6O6S2/c1-22(2)18-39(19-30(40)29(14-23-8-4-3-5-9-23)37-33(42)45-20-25-17-34-21-46-25)47(43,44)26-12-11-24-15-31(36-28(24)16-26)38-32(41)27-10-6-7-13-35-27/h3-13,15,17,21-22,29-30,40H,14,16,18-20H2,1-2H3,(H,37,42)(H,38,41). The SMILES string of the molecule is CC(C)CN(CC(O)C(Cc1ccccc1)NC(=O)OCc1cncs1)S(=O)(=O)C1=CC=C2C=C(NC(=O)c3ccccn3)N=C2C1. The van der Waals surface area contributed by atoms with Crippen molar-refractivity contribution in [3.05, 3.63) is 117 Å². The lowest BCUT2D eigenvalue weighted by Crippen LogP contribution is -2.51. The third kappa shape index (κ3) is 9.07. The van der Waals surface area contributed by atoms with Gasteiger partial charge >= 0.3 is 6.09 Å². The van der Waals surface area contributed by atoms with E-state index in [2.05, 4.69) is 25.6 Å². The monoisotopic (exact) mass is 676 g/mol. The lowest BCUT2D eigenvalue weighted by atomic mass is 10.0. The molecule has 2 amide bonds. The second kappa shape index (κ2) is 15.4. The van der Waals surface area contributed by atoms with E-state index >= 15 is 0 Å². The van der Waals surface area contributed by atoms with E-state index in [0.29, 0.717) is 17.1 Å². The predicted molar refractivity (Wildman–Crippen MR) is 179 cm³/mol. The van der Waals surface area contributed by atoms with Crippen molar-refractivity contribution in [1.82, 2.24) is 24.9 Å². The fourth-order valence-corrected chi connectivity index (χ4v) is 7.30. The van der Waals surface area contributed by atoms with Gasteiger partial charge in [0.2, 0.25) is 10.0 Å². The van der Waals surface area contributed by atoms with Gasteiger partial charge < -0.3 is 20.5 Å². The maximum absolute atomic E-state index is 14.1. The molecule has 3 heterocycles. The van der Waals surface area contributed by atoms with Gasteiger partial charge in [-0.25, -0.2) is 18.2 Å². The van der Waals surface area contributed by atoms with E-state index in [1.165, 1.54) is 27.9 Å². The lowest BCUT2D eigenvalue weighted by molar-refractivity contribution is 0.0877. The van der Waals surface area contributed by atoms with Crippen LogP contribution in [0.1, 0.15) is 41.2 Å². The van der Waals surface area contributed by atoms with E-state index < -0.39 is 34.2 Å². The average molecular weight is 677 g/mol. The molecule has 3 N–H and O–H groups in total. The van der Waals surface area contributed by atoms with Crippen LogP contribution in [0.15, 0.2) is 106 Å². The third-order valence-electron chi connectivity index (χ3n) is 7.34. The van der Waals surface area contributed by atoms with Crippen LogP contribution >= 0.6 is 11.3 Å². The quantitative estimate of drug-likeness (QED) is 0.231. The first-order valence-corrected chi connectivity index (χ1v) is 17.4. The number of alkyl carbamates (subject to hydrolysis) is 1. The number of carbonyl (C=O) groups is 2. The van der Waals surface area contributed by atoms with Gasteiger partial charge in [-0.05, 0) is 42.2 Å². The van der Waals surface area contributed by atoms with Crippen molar-refractivity contribution < 1.29 is 27.9 Å². The van der Waals surface area contributed by atoms with Crippen LogP contribution in [0.5, 0.6) is 0 Å². The molecule has 14 heteroatoms. The summed E-state index contributed by atoms with van der Waals surface area (Å²) in [5, 5.41) is 16.9. The first-order chi connectivity index (χ1) is 22.6. The van der Waals surface area contributed by atoms with Crippen molar-refractivity contribution in [2.75, 3.05) is 13.1 Å². The number of aliphatic hydroxyl groups excluding tert-OH is 1. The highest BCUT2D eigenvalue weighted by atomic mass is 32.2. The molecule has 0 bridgehead atoms. The Bertz CT molecular complexity index is 1790. The molecule has 246 valence electrons. The second-order valence-electron chi connectivity index (χ2n) is 11.5. The summed E-state index contributed by atoms with van der Waals surface area (Å²) in [4.78, 5) is 38.7. The van der Waals surface area contributed by atoms with Crippen LogP contribution in [0.25, 0.3) is 0 Å². The van der Waals surface area contributed by atoms with Gasteiger partial charge in [-0.3, -0.25) is 14.8 Å². The van der Waals surface area contributed by atoms with E-state index in [9.17, 15) is 23.1 Å². The molecule has 0 spiro atoms. The van der Waals surface area contributed by atoms with Gasteiger partial charge in [0, 0.05) is 37.5 Å². The van der Waals surface area contributed by atoms with E-state index in [0.717, 1.165) is 10.4 Å². The molecule has 1 aliphatic carbocycles. The molecule has 0 saturated carbocycles. The highest BCUT2D eigenvalue weighted by Crippen LogP contribution is 2.29. The molecular formula is C33H36N6O6S2. The smallest absolute Gasteiger partial charge is 0.407 e. The topological polar surface area (TPSA) is 163 Å². The summed E-state index contributed by atoms with van der Waals surface area (Å²) in [7, 11) is -4.07. The molecule has 1 aliphatic heterocycles. The van der Waals surface area contributed by atoms with E-state index in [1.807, 2.05) is 44.2 Å². The number of hydrogen-bond acceptors (Lipinski definition) is 10. The van der Waals surface area contributed by atoms with Crippen molar-refractivity contribution in [1.29, 1.82) is 0 Å². The summed E-state index contributed by atoms with van der Waals surface area (Å²) in [6, 6.07) is 13.4. The number of aliphatic hydroxyl groups is 1. The number of aliphatic imine (C=N–C) groups is 1. The minimum atomic E-state index is -4.07. The molecule has 3 aromatic rings. The van der Waals surface area contributed by atoms with Crippen molar-refractivity contribution in [3.63, 3.8) is 0 Å². The number of aromatic nitrogens is 2. The maximum atomic E-state index is 14.1. The zero-order chi connectivity index (χ0) is 33.4. The molecule has 2 aliphatic rings. The summed E-state index contributed by atoms with van der Waals surface area (Å²) in [6.07, 6.45) is 6.23. The van der Waals surface area contributed by atoms with Crippen molar-refractivity contribution in [3.8, 4) is 0 Å². The molecule has 12 nitrogen and oxygen atoms in total. The summed E-state index contributed by atoms with van der Waals surface area (Å²) >= 11 is 1.35. The second-order valence-corrected chi connectivity index (χ2v) is 14.4. The first-order valence-electron chi connectivity index (χ1n) is 15.0. The fourth-order valence-electron chi connectivity index (χ4n) is 5.06. The molecular weight excluding hydrogens is 641 g/mol. The van der Waals surface area contributed by atoms with Crippen LogP contribution in [-0.2, 0) is 27.8 Å². The van der Waals surface area contributed by atoms with Crippen molar-refractivity contribution in [2.45, 2.75) is 45.4 Å². The number of fused-ring (bicyclic) bond motifs is 1. The van der Waals surface area contributed by atoms with Gasteiger partial charge in [-0.2, -0.15) is 4.31 Å². The first kappa shape index (κ1) is 33.9.